The molecule has 1 saturated carbocycles. The summed E-state index contributed by atoms with van der Waals surface area (Å²) in [5.41, 5.74) is 2.63. The summed E-state index contributed by atoms with van der Waals surface area (Å²) in [6.07, 6.45) is 3.63. The molecule has 1 aliphatic carbocycles. The molecule has 0 spiro atoms. The first-order valence-electron chi connectivity index (χ1n) is 6.21. The number of aromatic nitrogens is 2. The second-order valence-electron chi connectivity index (χ2n) is 4.69. The largest absolute Gasteiger partial charge is 0.308 e. The average Bonchev–Trinajstić information content (AvgIpc) is 3.19. The standard InChI is InChI=1S/C12H20N4S/c1-3-8(2)7-17-11-6-10(16-13)14-12(15-11)9-4-5-9/h6,8-9H,3-5,7,13H2,1-2H3,(H,14,15,16). The van der Waals surface area contributed by atoms with Crippen LogP contribution in [0.2, 0.25) is 0 Å². The van der Waals surface area contributed by atoms with Gasteiger partial charge in [0.25, 0.3) is 0 Å². The normalized spacial score (nSPS) is 16.9. The maximum absolute atomic E-state index is 5.44. The molecule has 94 valence electrons. The molecule has 1 aromatic heterocycles. The summed E-state index contributed by atoms with van der Waals surface area (Å²) in [4.78, 5) is 9.01. The van der Waals surface area contributed by atoms with E-state index in [2.05, 4.69) is 29.2 Å². The van der Waals surface area contributed by atoms with Gasteiger partial charge >= 0.3 is 0 Å². The minimum Gasteiger partial charge on any atom is -0.308 e. The number of anilines is 1. The molecule has 1 fully saturated rings. The van der Waals surface area contributed by atoms with E-state index in [1.165, 1.54) is 19.3 Å². The van der Waals surface area contributed by atoms with Crippen LogP contribution in [-0.2, 0) is 0 Å². The number of nitrogen functional groups attached to an aromatic ring is 1. The van der Waals surface area contributed by atoms with Crippen molar-refractivity contribution in [2.24, 2.45) is 11.8 Å². The molecule has 2 rings (SSSR count). The van der Waals surface area contributed by atoms with E-state index in [0.717, 1.165) is 22.4 Å². The van der Waals surface area contributed by atoms with Crippen LogP contribution >= 0.6 is 11.8 Å². The minimum absolute atomic E-state index is 0.561. The monoisotopic (exact) mass is 252 g/mol. The van der Waals surface area contributed by atoms with Gasteiger partial charge in [0.05, 0.1) is 0 Å². The number of nitrogens with zero attached hydrogens (tertiary/aromatic N) is 2. The van der Waals surface area contributed by atoms with Crippen molar-refractivity contribution >= 4 is 17.6 Å². The Morgan fingerprint density at radius 3 is 2.88 bits per heavy atom. The summed E-state index contributed by atoms with van der Waals surface area (Å²) < 4.78 is 0. The number of nitrogens with one attached hydrogen (secondary N) is 1. The molecule has 3 N–H and O–H groups in total. The van der Waals surface area contributed by atoms with Crippen molar-refractivity contribution < 1.29 is 0 Å². The quantitative estimate of drug-likeness (QED) is 0.353. The number of hydrogen-bond donors (Lipinski definition) is 2. The smallest absolute Gasteiger partial charge is 0.144 e. The van der Waals surface area contributed by atoms with E-state index in [-0.39, 0.29) is 0 Å². The number of thioether (sulfide) groups is 1. The summed E-state index contributed by atoms with van der Waals surface area (Å²) in [6.45, 7) is 4.48. The van der Waals surface area contributed by atoms with Gasteiger partial charge in [-0.2, -0.15) is 0 Å². The number of hydrogen-bond acceptors (Lipinski definition) is 5. The molecule has 1 aromatic rings. The van der Waals surface area contributed by atoms with Crippen molar-refractivity contribution in [2.75, 3.05) is 11.2 Å². The van der Waals surface area contributed by atoms with E-state index >= 15 is 0 Å². The van der Waals surface area contributed by atoms with Gasteiger partial charge in [-0.1, -0.05) is 20.3 Å². The molecule has 1 atom stereocenters. The van der Waals surface area contributed by atoms with E-state index in [0.29, 0.717) is 11.8 Å². The summed E-state index contributed by atoms with van der Waals surface area (Å²) in [5.74, 6) is 9.50. The maximum atomic E-state index is 5.44. The van der Waals surface area contributed by atoms with E-state index in [1.807, 2.05) is 6.07 Å². The lowest BCUT2D eigenvalue weighted by Gasteiger charge is -2.09. The van der Waals surface area contributed by atoms with Crippen LogP contribution in [-0.4, -0.2) is 15.7 Å². The number of hydrazine groups is 1. The Hall–Kier alpha value is -0.810. The molecule has 17 heavy (non-hydrogen) atoms. The zero-order valence-electron chi connectivity index (χ0n) is 10.4. The number of nitrogens with two attached hydrogens (primary N) is 1. The van der Waals surface area contributed by atoms with Crippen LogP contribution in [0.3, 0.4) is 0 Å². The first kappa shape index (κ1) is 12.6. The Balaban J connectivity index is 2.06. The van der Waals surface area contributed by atoms with Crippen LogP contribution in [0.4, 0.5) is 5.82 Å². The van der Waals surface area contributed by atoms with Crippen LogP contribution in [0.1, 0.15) is 44.9 Å². The highest BCUT2D eigenvalue weighted by molar-refractivity contribution is 7.99. The van der Waals surface area contributed by atoms with Crippen LogP contribution < -0.4 is 11.3 Å². The zero-order chi connectivity index (χ0) is 12.3. The zero-order valence-corrected chi connectivity index (χ0v) is 11.3. The molecule has 0 bridgehead atoms. The molecule has 0 aliphatic heterocycles. The Labute approximate surface area is 107 Å². The molecule has 1 aliphatic rings. The first-order chi connectivity index (χ1) is 8.22. The lowest BCUT2D eigenvalue weighted by molar-refractivity contribution is 0.636. The maximum Gasteiger partial charge on any atom is 0.144 e. The van der Waals surface area contributed by atoms with Gasteiger partial charge in [0.2, 0.25) is 0 Å². The van der Waals surface area contributed by atoms with Crippen molar-refractivity contribution in [3.8, 4) is 0 Å². The van der Waals surface area contributed by atoms with Crippen molar-refractivity contribution in [1.29, 1.82) is 0 Å². The van der Waals surface area contributed by atoms with E-state index in [1.54, 1.807) is 11.8 Å². The predicted molar refractivity (Wildman–Crippen MR) is 72.0 cm³/mol. The Bertz CT molecular complexity index is 379. The Morgan fingerprint density at radius 2 is 2.29 bits per heavy atom. The second kappa shape index (κ2) is 5.69. The molecule has 0 aromatic carbocycles. The van der Waals surface area contributed by atoms with Gasteiger partial charge in [0, 0.05) is 17.7 Å². The molecule has 1 heterocycles. The van der Waals surface area contributed by atoms with Crippen LogP contribution in [0.15, 0.2) is 11.1 Å². The third kappa shape index (κ3) is 3.57. The fraction of sp³-hybridized carbons (Fsp3) is 0.667. The first-order valence-corrected chi connectivity index (χ1v) is 7.19. The average molecular weight is 252 g/mol. The summed E-state index contributed by atoms with van der Waals surface area (Å²) in [7, 11) is 0. The van der Waals surface area contributed by atoms with Crippen molar-refractivity contribution in [3.63, 3.8) is 0 Å². The van der Waals surface area contributed by atoms with Crippen molar-refractivity contribution in [2.45, 2.75) is 44.1 Å². The van der Waals surface area contributed by atoms with Gasteiger partial charge in [-0.25, -0.2) is 15.8 Å². The van der Waals surface area contributed by atoms with Gasteiger partial charge in [-0.05, 0) is 18.8 Å². The fourth-order valence-corrected chi connectivity index (χ4v) is 2.50. The molecule has 5 heteroatoms. The van der Waals surface area contributed by atoms with Gasteiger partial charge in [-0.3, -0.25) is 0 Å². The third-order valence-corrected chi connectivity index (χ3v) is 4.26. The molecular formula is C12H20N4S. The minimum atomic E-state index is 0.561. The highest BCUT2D eigenvalue weighted by Crippen LogP contribution is 2.39. The van der Waals surface area contributed by atoms with Crippen molar-refractivity contribution in [1.82, 2.24) is 9.97 Å². The summed E-state index contributed by atoms with van der Waals surface area (Å²) in [6, 6.07) is 1.93. The SMILES string of the molecule is CCC(C)CSc1cc(NN)nc(C2CC2)n1. The number of rotatable bonds is 6. The Kier molecular flexibility index (Phi) is 4.23. The molecule has 0 amide bonds. The van der Waals surface area contributed by atoms with Crippen LogP contribution in [0.5, 0.6) is 0 Å². The molecule has 4 nitrogen and oxygen atoms in total. The molecular weight excluding hydrogens is 232 g/mol. The van der Waals surface area contributed by atoms with Crippen LogP contribution in [0.25, 0.3) is 0 Å². The lowest BCUT2D eigenvalue weighted by atomic mass is 10.2. The van der Waals surface area contributed by atoms with Gasteiger partial charge in [-0.15, -0.1) is 11.8 Å². The van der Waals surface area contributed by atoms with Gasteiger partial charge < -0.3 is 5.43 Å². The summed E-state index contributed by atoms with van der Waals surface area (Å²) in [5, 5.41) is 1.04. The molecule has 0 saturated heterocycles. The van der Waals surface area contributed by atoms with Crippen LogP contribution in [0, 0.1) is 5.92 Å². The third-order valence-electron chi connectivity index (χ3n) is 3.02. The predicted octanol–water partition coefficient (Wildman–Crippen LogP) is 2.78. The lowest BCUT2D eigenvalue weighted by Crippen LogP contribution is -2.10. The second-order valence-corrected chi connectivity index (χ2v) is 5.73. The van der Waals surface area contributed by atoms with E-state index < -0.39 is 0 Å². The van der Waals surface area contributed by atoms with Gasteiger partial charge in [0.15, 0.2) is 0 Å². The Morgan fingerprint density at radius 1 is 1.53 bits per heavy atom. The molecule has 0 radical (unpaired) electrons. The van der Waals surface area contributed by atoms with Gasteiger partial charge in [0.1, 0.15) is 16.7 Å². The highest BCUT2D eigenvalue weighted by Gasteiger charge is 2.27. The highest BCUT2D eigenvalue weighted by atomic mass is 32.2. The van der Waals surface area contributed by atoms with E-state index in [4.69, 9.17) is 5.84 Å². The topological polar surface area (TPSA) is 63.8 Å². The molecule has 1 unspecified atom stereocenters. The fourth-order valence-electron chi connectivity index (χ4n) is 1.46. The van der Waals surface area contributed by atoms with E-state index in [9.17, 15) is 0 Å². The van der Waals surface area contributed by atoms with Crippen molar-refractivity contribution in [3.05, 3.63) is 11.9 Å². The summed E-state index contributed by atoms with van der Waals surface area (Å²) >= 11 is 1.80.